The Morgan fingerprint density at radius 1 is 1.29 bits per heavy atom. The number of nitrogens with zero attached hydrogens (tertiary/aromatic N) is 2. The molecule has 0 bridgehead atoms. The molecule has 5 heteroatoms. The highest BCUT2D eigenvalue weighted by Gasteiger charge is 2.20. The highest BCUT2D eigenvalue weighted by Crippen LogP contribution is 2.35. The first-order valence-corrected chi connectivity index (χ1v) is 7.67. The van der Waals surface area contributed by atoms with E-state index in [2.05, 4.69) is 4.98 Å². The van der Waals surface area contributed by atoms with E-state index in [1.807, 2.05) is 36.4 Å². The summed E-state index contributed by atoms with van der Waals surface area (Å²) in [6.07, 6.45) is 3.48. The molecule has 0 radical (unpaired) electrons. The number of carbonyl (C=O) groups excluding carboxylic acids is 1. The Morgan fingerprint density at radius 2 is 2.10 bits per heavy atom. The van der Waals surface area contributed by atoms with E-state index in [4.69, 9.17) is 11.6 Å². The van der Waals surface area contributed by atoms with Crippen LogP contribution in [0.25, 0.3) is 10.1 Å². The molecule has 2 aromatic heterocycles. The molecule has 0 spiro atoms. The number of aromatic nitrogens is 1. The molecule has 2 heterocycles. The van der Waals surface area contributed by atoms with Crippen LogP contribution in [0, 0.1) is 0 Å². The van der Waals surface area contributed by atoms with Gasteiger partial charge in [0.1, 0.15) is 4.88 Å². The fraction of sp³-hybridized carbons (Fsp3) is 0.125. The van der Waals surface area contributed by atoms with Crippen LogP contribution >= 0.6 is 22.9 Å². The second kappa shape index (κ2) is 5.84. The van der Waals surface area contributed by atoms with Crippen molar-refractivity contribution in [3.63, 3.8) is 0 Å². The molecule has 1 aromatic carbocycles. The Balaban J connectivity index is 1.88. The summed E-state index contributed by atoms with van der Waals surface area (Å²) in [5, 5.41) is 1.47. The van der Waals surface area contributed by atoms with Crippen molar-refractivity contribution in [2.45, 2.75) is 6.54 Å². The maximum Gasteiger partial charge on any atom is 0.265 e. The van der Waals surface area contributed by atoms with E-state index in [-0.39, 0.29) is 5.91 Å². The summed E-state index contributed by atoms with van der Waals surface area (Å²) in [6.45, 7) is 0.511. The number of halogens is 1. The summed E-state index contributed by atoms with van der Waals surface area (Å²) in [5.41, 5.74) is 0.991. The van der Waals surface area contributed by atoms with Gasteiger partial charge in [0.2, 0.25) is 0 Å². The number of benzene rings is 1. The van der Waals surface area contributed by atoms with Gasteiger partial charge < -0.3 is 4.90 Å². The molecule has 0 aliphatic carbocycles. The van der Waals surface area contributed by atoms with Crippen LogP contribution in [0.2, 0.25) is 5.02 Å². The zero-order chi connectivity index (χ0) is 14.8. The number of fused-ring (bicyclic) bond motifs is 1. The molecular weight excluding hydrogens is 304 g/mol. The Kier molecular flexibility index (Phi) is 3.90. The third kappa shape index (κ3) is 2.77. The molecule has 0 aliphatic heterocycles. The summed E-state index contributed by atoms with van der Waals surface area (Å²) in [4.78, 5) is 18.9. The van der Waals surface area contributed by atoms with Crippen LogP contribution in [0.3, 0.4) is 0 Å². The molecular formula is C16H13ClN2OS. The highest BCUT2D eigenvalue weighted by molar-refractivity contribution is 7.21. The number of carbonyl (C=O) groups is 1. The van der Waals surface area contributed by atoms with Crippen LogP contribution < -0.4 is 0 Å². The van der Waals surface area contributed by atoms with E-state index >= 15 is 0 Å². The smallest absolute Gasteiger partial charge is 0.265 e. The first-order valence-electron chi connectivity index (χ1n) is 6.48. The van der Waals surface area contributed by atoms with E-state index < -0.39 is 0 Å². The van der Waals surface area contributed by atoms with Gasteiger partial charge >= 0.3 is 0 Å². The van der Waals surface area contributed by atoms with Gasteiger partial charge in [-0.25, -0.2) is 0 Å². The van der Waals surface area contributed by atoms with Gasteiger partial charge in [-0.2, -0.15) is 0 Å². The van der Waals surface area contributed by atoms with Crippen LogP contribution in [-0.2, 0) is 6.54 Å². The van der Waals surface area contributed by atoms with Crippen LogP contribution in [-0.4, -0.2) is 22.8 Å². The quantitative estimate of drug-likeness (QED) is 0.724. The van der Waals surface area contributed by atoms with Crippen molar-refractivity contribution in [3.05, 3.63) is 64.3 Å². The third-order valence-electron chi connectivity index (χ3n) is 3.22. The van der Waals surface area contributed by atoms with Gasteiger partial charge in [0.05, 0.1) is 5.02 Å². The maximum absolute atomic E-state index is 12.6. The predicted octanol–water partition coefficient (Wildman–Crippen LogP) is 4.22. The molecule has 3 rings (SSSR count). The largest absolute Gasteiger partial charge is 0.337 e. The Hall–Kier alpha value is -1.91. The molecule has 0 N–H and O–H groups in total. The first-order chi connectivity index (χ1) is 10.2. The van der Waals surface area contributed by atoms with Gasteiger partial charge in [-0.1, -0.05) is 35.9 Å². The Bertz CT molecular complexity index is 785. The van der Waals surface area contributed by atoms with Gasteiger partial charge in [-0.15, -0.1) is 11.3 Å². The van der Waals surface area contributed by atoms with Gasteiger partial charge in [-0.3, -0.25) is 9.78 Å². The van der Waals surface area contributed by atoms with Crippen molar-refractivity contribution >= 4 is 38.9 Å². The minimum absolute atomic E-state index is 0.0648. The monoisotopic (exact) mass is 316 g/mol. The minimum Gasteiger partial charge on any atom is -0.337 e. The van der Waals surface area contributed by atoms with Crippen molar-refractivity contribution in [2.75, 3.05) is 7.05 Å². The average Bonchev–Trinajstić information content (AvgIpc) is 2.85. The molecule has 0 atom stereocenters. The van der Waals surface area contributed by atoms with Crippen LogP contribution in [0.4, 0.5) is 0 Å². The summed E-state index contributed by atoms with van der Waals surface area (Å²) in [5.74, 6) is -0.0648. The molecule has 106 valence electrons. The van der Waals surface area contributed by atoms with Crippen molar-refractivity contribution < 1.29 is 4.79 Å². The lowest BCUT2D eigenvalue weighted by molar-refractivity contribution is 0.0790. The number of amides is 1. The van der Waals surface area contributed by atoms with Crippen LogP contribution in [0.1, 0.15) is 15.2 Å². The minimum atomic E-state index is -0.0648. The molecule has 0 saturated heterocycles. The van der Waals surface area contributed by atoms with E-state index in [0.29, 0.717) is 16.4 Å². The standard InChI is InChI=1S/C16H13ClN2OS/c1-19(10-11-5-4-8-18-9-11)16(20)15-14(17)12-6-2-3-7-13(12)21-15/h2-9H,10H2,1H3. The zero-order valence-corrected chi connectivity index (χ0v) is 13.0. The zero-order valence-electron chi connectivity index (χ0n) is 11.4. The molecule has 0 unspecified atom stereocenters. The van der Waals surface area contributed by atoms with Crippen molar-refractivity contribution in [1.29, 1.82) is 0 Å². The van der Waals surface area contributed by atoms with E-state index in [0.717, 1.165) is 15.6 Å². The van der Waals surface area contributed by atoms with Crippen molar-refractivity contribution in [2.24, 2.45) is 0 Å². The van der Waals surface area contributed by atoms with Crippen LogP contribution in [0.15, 0.2) is 48.8 Å². The van der Waals surface area contributed by atoms with Gasteiger partial charge in [0.15, 0.2) is 0 Å². The topological polar surface area (TPSA) is 33.2 Å². The number of thiophene rings is 1. The molecule has 3 aromatic rings. The van der Waals surface area contributed by atoms with Crippen LogP contribution in [0.5, 0.6) is 0 Å². The van der Waals surface area contributed by atoms with E-state index in [1.54, 1.807) is 24.3 Å². The van der Waals surface area contributed by atoms with Crippen molar-refractivity contribution in [3.8, 4) is 0 Å². The summed E-state index contributed by atoms with van der Waals surface area (Å²) in [6, 6.07) is 11.6. The van der Waals surface area contributed by atoms with E-state index in [9.17, 15) is 4.79 Å². The number of hydrogen-bond acceptors (Lipinski definition) is 3. The number of pyridine rings is 1. The van der Waals surface area contributed by atoms with Gasteiger partial charge in [0.25, 0.3) is 5.91 Å². The second-order valence-electron chi connectivity index (χ2n) is 4.76. The van der Waals surface area contributed by atoms with Crippen molar-refractivity contribution in [1.82, 2.24) is 9.88 Å². The highest BCUT2D eigenvalue weighted by atomic mass is 35.5. The average molecular weight is 317 g/mol. The lowest BCUT2D eigenvalue weighted by atomic mass is 10.2. The first kappa shape index (κ1) is 14.0. The molecule has 21 heavy (non-hydrogen) atoms. The second-order valence-corrected chi connectivity index (χ2v) is 6.19. The molecule has 0 aliphatic rings. The molecule has 0 saturated carbocycles. The summed E-state index contributed by atoms with van der Waals surface area (Å²) >= 11 is 7.78. The lowest BCUT2D eigenvalue weighted by Crippen LogP contribution is -2.25. The molecule has 3 nitrogen and oxygen atoms in total. The molecule has 0 fully saturated rings. The van der Waals surface area contributed by atoms with E-state index in [1.165, 1.54) is 11.3 Å². The maximum atomic E-state index is 12.6. The summed E-state index contributed by atoms with van der Waals surface area (Å²) in [7, 11) is 1.77. The third-order valence-corrected chi connectivity index (χ3v) is 4.88. The predicted molar refractivity (Wildman–Crippen MR) is 86.9 cm³/mol. The lowest BCUT2D eigenvalue weighted by Gasteiger charge is -2.16. The fourth-order valence-corrected chi connectivity index (χ4v) is 3.67. The molecule has 1 amide bonds. The Morgan fingerprint density at radius 3 is 2.81 bits per heavy atom. The fourth-order valence-electron chi connectivity index (χ4n) is 2.16. The summed E-state index contributed by atoms with van der Waals surface area (Å²) < 4.78 is 1.03. The Labute approximate surface area is 131 Å². The number of hydrogen-bond donors (Lipinski definition) is 0. The van der Waals surface area contributed by atoms with Gasteiger partial charge in [0, 0.05) is 36.1 Å². The SMILES string of the molecule is CN(Cc1cccnc1)C(=O)c1sc2ccccc2c1Cl. The normalized spacial score (nSPS) is 10.8. The number of rotatable bonds is 3. The van der Waals surface area contributed by atoms with Gasteiger partial charge in [-0.05, 0) is 17.7 Å².